The van der Waals surface area contributed by atoms with Crippen LogP contribution >= 0.6 is 11.3 Å². The monoisotopic (exact) mass is 613 g/mol. The SMILES string of the molecule is C[C@H]1CN([C@@H](C)CO)C(=O)c2cccc(NC(=O)c3ccc(-c4nccs4)cc3)c2O[C@H]1CN(C)C(=O)Nc1ccccc1. The van der Waals surface area contributed by atoms with E-state index in [4.69, 9.17) is 4.74 Å². The number of carbonyl (C=O) groups is 3. The van der Waals surface area contributed by atoms with Crippen LogP contribution in [0.1, 0.15) is 34.6 Å². The first-order chi connectivity index (χ1) is 21.2. The van der Waals surface area contributed by atoms with Crippen molar-refractivity contribution in [1.82, 2.24) is 14.8 Å². The summed E-state index contributed by atoms with van der Waals surface area (Å²) >= 11 is 1.51. The Labute approximate surface area is 260 Å². The van der Waals surface area contributed by atoms with Gasteiger partial charge in [0.05, 0.1) is 30.4 Å². The number of thiazole rings is 1. The van der Waals surface area contributed by atoms with E-state index in [1.165, 1.54) is 16.2 Å². The van der Waals surface area contributed by atoms with Crippen molar-refractivity contribution in [3.8, 4) is 16.3 Å². The van der Waals surface area contributed by atoms with Crippen molar-refractivity contribution in [1.29, 1.82) is 0 Å². The summed E-state index contributed by atoms with van der Waals surface area (Å²) in [6.07, 6.45) is 1.19. The number of likely N-dealkylation sites (N-methyl/N-ethyl adjacent to an activating group) is 1. The average molecular weight is 614 g/mol. The number of para-hydroxylation sites is 2. The Hall–Kier alpha value is -4.74. The lowest BCUT2D eigenvalue weighted by atomic mass is 9.99. The molecule has 1 aliphatic rings. The van der Waals surface area contributed by atoms with Crippen LogP contribution in [0.3, 0.4) is 0 Å². The summed E-state index contributed by atoms with van der Waals surface area (Å²) in [6.45, 7) is 4.01. The van der Waals surface area contributed by atoms with Gasteiger partial charge in [-0.3, -0.25) is 9.59 Å². The molecule has 1 aliphatic heterocycles. The Balaban J connectivity index is 1.42. The molecule has 0 bridgehead atoms. The Bertz CT molecular complexity index is 1600. The molecule has 44 heavy (non-hydrogen) atoms. The number of amides is 4. The minimum Gasteiger partial charge on any atom is -0.485 e. The van der Waals surface area contributed by atoms with E-state index in [0.29, 0.717) is 23.5 Å². The highest BCUT2D eigenvalue weighted by Gasteiger charge is 2.35. The third-order valence-corrected chi connectivity index (χ3v) is 8.41. The number of ether oxygens (including phenoxy) is 1. The van der Waals surface area contributed by atoms with Crippen LogP contribution in [0.25, 0.3) is 10.6 Å². The second-order valence-corrected chi connectivity index (χ2v) is 11.7. The first-order valence-electron chi connectivity index (χ1n) is 14.3. The summed E-state index contributed by atoms with van der Waals surface area (Å²) in [6, 6.07) is 20.5. The lowest BCUT2D eigenvalue weighted by Crippen LogP contribution is -2.50. The van der Waals surface area contributed by atoms with Crippen LogP contribution in [0.2, 0.25) is 0 Å². The number of urea groups is 1. The van der Waals surface area contributed by atoms with E-state index in [1.807, 2.05) is 42.6 Å². The average Bonchev–Trinajstić information content (AvgIpc) is 3.58. The predicted octanol–water partition coefficient (Wildman–Crippen LogP) is 5.45. The normalized spacial score (nSPS) is 17.0. The molecular weight excluding hydrogens is 578 g/mol. The molecule has 4 amide bonds. The van der Waals surface area contributed by atoms with Gasteiger partial charge in [0.25, 0.3) is 11.8 Å². The van der Waals surface area contributed by atoms with Crippen molar-refractivity contribution >= 4 is 40.6 Å². The van der Waals surface area contributed by atoms with E-state index < -0.39 is 12.1 Å². The second kappa shape index (κ2) is 13.7. The summed E-state index contributed by atoms with van der Waals surface area (Å²) < 4.78 is 6.54. The van der Waals surface area contributed by atoms with Gasteiger partial charge in [0, 0.05) is 47.9 Å². The van der Waals surface area contributed by atoms with Gasteiger partial charge in [0.1, 0.15) is 11.1 Å². The molecule has 0 unspecified atom stereocenters. The van der Waals surface area contributed by atoms with E-state index in [2.05, 4.69) is 15.6 Å². The van der Waals surface area contributed by atoms with Gasteiger partial charge in [0.15, 0.2) is 5.75 Å². The van der Waals surface area contributed by atoms with Gasteiger partial charge in [0.2, 0.25) is 0 Å². The van der Waals surface area contributed by atoms with Gasteiger partial charge in [-0.25, -0.2) is 9.78 Å². The number of aromatic nitrogens is 1. The predicted molar refractivity (Wildman–Crippen MR) is 171 cm³/mol. The fourth-order valence-corrected chi connectivity index (χ4v) is 5.62. The van der Waals surface area contributed by atoms with Crippen molar-refractivity contribution < 1.29 is 24.2 Å². The Morgan fingerprint density at radius 1 is 1.09 bits per heavy atom. The second-order valence-electron chi connectivity index (χ2n) is 10.9. The summed E-state index contributed by atoms with van der Waals surface area (Å²) in [5.41, 5.74) is 2.59. The number of fused-ring (bicyclic) bond motifs is 1. The van der Waals surface area contributed by atoms with Gasteiger partial charge < -0.3 is 30.3 Å². The minimum atomic E-state index is -0.544. The Morgan fingerprint density at radius 2 is 1.84 bits per heavy atom. The van der Waals surface area contributed by atoms with Crippen LogP contribution in [0.15, 0.2) is 84.4 Å². The van der Waals surface area contributed by atoms with Crippen LogP contribution in [0, 0.1) is 5.92 Å². The lowest BCUT2D eigenvalue weighted by molar-refractivity contribution is 0.0372. The molecule has 0 fully saturated rings. The third-order valence-electron chi connectivity index (χ3n) is 7.59. The molecule has 0 saturated carbocycles. The van der Waals surface area contributed by atoms with E-state index in [1.54, 1.807) is 67.5 Å². The first-order valence-corrected chi connectivity index (χ1v) is 15.2. The molecule has 3 N–H and O–H groups in total. The molecule has 2 heterocycles. The zero-order valence-electron chi connectivity index (χ0n) is 24.8. The lowest BCUT2D eigenvalue weighted by Gasteiger charge is -2.38. The number of hydrogen-bond acceptors (Lipinski definition) is 7. The maximum Gasteiger partial charge on any atom is 0.321 e. The molecule has 1 aromatic heterocycles. The molecule has 228 valence electrons. The number of benzene rings is 3. The highest BCUT2D eigenvalue weighted by atomic mass is 32.1. The smallest absolute Gasteiger partial charge is 0.321 e. The number of anilines is 2. The maximum absolute atomic E-state index is 13.8. The number of rotatable bonds is 8. The van der Waals surface area contributed by atoms with Gasteiger partial charge in [-0.15, -0.1) is 11.3 Å². The number of hydrogen-bond donors (Lipinski definition) is 3. The number of aliphatic hydroxyl groups is 1. The standard InChI is InChI=1S/C33H35N5O5S/c1-21-18-38(22(2)20-39)32(41)26-10-7-11-27(36-30(40)23-12-14-24(15-13-23)31-34-16-17-44-31)29(26)43-28(21)19-37(3)33(42)35-25-8-5-4-6-9-25/h4-17,21-22,28,39H,18-20H2,1-3H3,(H,35,42)(H,36,40)/t21-,22-,28-/m0/s1. The maximum atomic E-state index is 13.8. The van der Waals surface area contributed by atoms with Crippen molar-refractivity contribution in [2.45, 2.75) is 26.0 Å². The van der Waals surface area contributed by atoms with E-state index in [-0.39, 0.29) is 48.2 Å². The van der Waals surface area contributed by atoms with E-state index >= 15 is 0 Å². The molecule has 0 saturated heterocycles. The fraction of sp³-hybridized carbons (Fsp3) is 0.273. The van der Waals surface area contributed by atoms with Crippen molar-refractivity contribution in [3.05, 3.63) is 95.5 Å². The topological polar surface area (TPSA) is 124 Å². The van der Waals surface area contributed by atoms with Crippen LogP contribution in [0.5, 0.6) is 5.75 Å². The molecule has 0 radical (unpaired) electrons. The Kier molecular flexibility index (Phi) is 9.56. The van der Waals surface area contributed by atoms with Gasteiger partial charge in [-0.2, -0.15) is 0 Å². The zero-order chi connectivity index (χ0) is 31.2. The summed E-state index contributed by atoms with van der Waals surface area (Å²) in [7, 11) is 1.68. The molecule has 4 aromatic rings. The number of nitrogens with zero attached hydrogens (tertiary/aromatic N) is 3. The summed E-state index contributed by atoms with van der Waals surface area (Å²) in [4.78, 5) is 47.6. The molecular formula is C33H35N5O5S. The van der Waals surface area contributed by atoms with Crippen LogP contribution in [-0.2, 0) is 0 Å². The van der Waals surface area contributed by atoms with Crippen LogP contribution in [0.4, 0.5) is 16.2 Å². The van der Waals surface area contributed by atoms with Crippen molar-refractivity contribution in [3.63, 3.8) is 0 Å². The molecule has 11 heteroatoms. The summed E-state index contributed by atoms with van der Waals surface area (Å²) in [5, 5.41) is 18.5. The fourth-order valence-electron chi connectivity index (χ4n) is 4.98. The molecule has 0 aliphatic carbocycles. The number of aliphatic hydroxyl groups excluding tert-OH is 1. The number of nitrogens with one attached hydrogen (secondary N) is 2. The van der Waals surface area contributed by atoms with Gasteiger partial charge >= 0.3 is 6.03 Å². The largest absolute Gasteiger partial charge is 0.485 e. The first kappa shape index (κ1) is 30.7. The highest BCUT2D eigenvalue weighted by Crippen LogP contribution is 2.35. The van der Waals surface area contributed by atoms with E-state index in [9.17, 15) is 19.5 Å². The molecule has 3 atom stereocenters. The molecule has 5 rings (SSSR count). The highest BCUT2D eigenvalue weighted by molar-refractivity contribution is 7.13. The third kappa shape index (κ3) is 6.90. The quantitative estimate of drug-likeness (QED) is 0.243. The van der Waals surface area contributed by atoms with Gasteiger partial charge in [-0.05, 0) is 43.3 Å². The minimum absolute atomic E-state index is 0.204. The van der Waals surface area contributed by atoms with Crippen molar-refractivity contribution in [2.24, 2.45) is 5.92 Å². The van der Waals surface area contributed by atoms with Gasteiger partial charge in [-0.1, -0.05) is 43.3 Å². The molecule has 10 nitrogen and oxygen atoms in total. The number of carbonyl (C=O) groups excluding carboxylic acids is 3. The Morgan fingerprint density at radius 3 is 2.52 bits per heavy atom. The van der Waals surface area contributed by atoms with E-state index in [0.717, 1.165) is 10.6 Å². The van der Waals surface area contributed by atoms with Crippen molar-refractivity contribution in [2.75, 3.05) is 37.4 Å². The molecule has 3 aromatic carbocycles. The molecule has 0 spiro atoms. The van der Waals surface area contributed by atoms with Crippen LogP contribution in [-0.4, -0.2) is 76.6 Å². The van der Waals surface area contributed by atoms with Crippen LogP contribution < -0.4 is 15.4 Å². The zero-order valence-corrected chi connectivity index (χ0v) is 25.6. The summed E-state index contributed by atoms with van der Waals surface area (Å²) in [5.74, 6) is -0.693.